The van der Waals surface area contributed by atoms with Gasteiger partial charge in [-0.25, -0.2) is 14.4 Å². The molecule has 1 saturated heterocycles. The quantitative estimate of drug-likeness (QED) is 0.512. The molecule has 10 heteroatoms. The summed E-state index contributed by atoms with van der Waals surface area (Å²) in [6, 6.07) is -2.28. The van der Waals surface area contributed by atoms with Crippen molar-refractivity contribution in [3.05, 3.63) is 0 Å². The van der Waals surface area contributed by atoms with E-state index in [1.165, 1.54) is 7.11 Å². The zero-order valence-electron chi connectivity index (χ0n) is 17.4. The van der Waals surface area contributed by atoms with Crippen LogP contribution in [-0.4, -0.2) is 73.6 Å². The van der Waals surface area contributed by atoms with Crippen LogP contribution in [0.4, 0.5) is 4.79 Å². The zero-order valence-corrected chi connectivity index (χ0v) is 17.4. The molecule has 0 bridgehead atoms. The number of esters is 2. The van der Waals surface area contributed by atoms with Crippen LogP contribution in [0.5, 0.6) is 0 Å². The predicted octanol–water partition coefficient (Wildman–Crippen LogP) is 0.825. The smallest absolute Gasteiger partial charge is 0.412 e. The number of ether oxygens (including phenoxy) is 4. The van der Waals surface area contributed by atoms with Crippen molar-refractivity contribution < 1.29 is 38.1 Å². The van der Waals surface area contributed by atoms with E-state index in [0.717, 1.165) is 12.0 Å². The Hall–Kier alpha value is -2.36. The normalized spacial score (nSPS) is 20.5. The van der Waals surface area contributed by atoms with Crippen LogP contribution in [-0.2, 0) is 33.3 Å². The van der Waals surface area contributed by atoms with Gasteiger partial charge in [-0.2, -0.15) is 0 Å². The summed E-state index contributed by atoms with van der Waals surface area (Å²) in [4.78, 5) is 50.4. The van der Waals surface area contributed by atoms with Crippen LogP contribution in [0.25, 0.3) is 0 Å². The van der Waals surface area contributed by atoms with Crippen LogP contribution >= 0.6 is 0 Å². The predicted molar refractivity (Wildman–Crippen MR) is 97.0 cm³/mol. The van der Waals surface area contributed by atoms with E-state index in [-0.39, 0.29) is 12.6 Å². The third-order valence-electron chi connectivity index (χ3n) is 3.86. The Balaban J connectivity index is 3.10. The molecular weight excluding hydrogens is 372 g/mol. The molecule has 2 amide bonds. The van der Waals surface area contributed by atoms with Crippen molar-refractivity contribution in [3.63, 3.8) is 0 Å². The zero-order chi connectivity index (χ0) is 21.6. The summed E-state index contributed by atoms with van der Waals surface area (Å²) in [6.07, 6.45) is -1.84. The first-order valence-electron chi connectivity index (χ1n) is 8.98. The summed E-state index contributed by atoms with van der Waals surface area (Å²) in [5.74, 6) is -2.10. The molecule has 3 atom stereocenters. The SMILES string of the molecule is COC(=O)[C@H](CC(C)C)NC(=O)[C@@H]1[C@@H](C(=O)OC)OCN1C(=O)OC(C)(C)C. The van der Waals surface area contributed by atoms with Crippen LogP contribution in [0.3, 0.4) is 0 Å². The fourth-order valence-corrected chi connectivity index (χ4v) is 2.66. The number of nitrogens with zero attached hydrogens (tertiary/aromatic N) is 1. The van der Waals surface area contributed by atoms with Crippen molar-refractivity contribution in [3.8, 4) is 0 Å². The lowest BCUT2D eigenvalue weighted by Gasteiger charge is -2.28. The van der Waals surface area contributed by atoms with Crippen molar-refractivity contribution in [1.82, 2.24) is 10.2 Å². The lowest BCUT2D eigenvalue weighted by atomic mass is 10.0. The molecule has 160 valence electrons. The number of rotatable bonds is 6. The molecule has 1 fully saturated rings. The Morgan fingerprint density at radius 3 is 2.21 bits per heavy atom. The Morgan fingerprint density at radius 2 is 1.75 bits per heavy atom. The van der Waals surface area contributed by atoms with Gasteiger partial charge >= 0.3 is 18.0 Å². The number of carbonyl (C=O) groups is 4. The fourth-order valence-electron chi connectivity index (χ4n) is 2.66. The van der Waals surface area contributed by atoms with E-state index in [1.54, 1.807) is 20.8 Å². The Kier molecular flexibility index (Phi) is 8.22. The number of methoxy groups -OCH3 is 2. The van der Waals surface area contributed by atoms with Crippen molar-refractivity contribution >= 4 is 23.9 Å². The molecule has 1 aliphatic heterocycles. The first kappa shape index (κ1) is 23.7. The van der Waals surface area contributed by atoms with Gasteiger partial charge in [-0.05, 0) is 33.1 Å². The first-order chi connectivity index (χ1) is 12.9. The average Bonchev–Trinajstić information content (AvgIpc) is 3.03. The molecule has 1 rings (SSSR count). The lowest BCUT2D eigenvalue weighted by molar-refractivity contribution is -0.154. The van der Waals surface area contributed by atoms with Crippen molar-refractivity contribution in [2.75, 3.05) is 21.0 Å². The molecule has 0 spiro atoms. The maximum absolute atomic E-state index is 12.9. The molecule has 0 aliphatic carbocycles. The minimum absolute atomic E-state index is 0.0857. The van der Waals surface area contributed by atoms with E-state index in [9.17, 15) is 19.2 Å². The highest BCUT2D eigenvalue weighted by Crippen LogP contribution is 2.22. The molecule has 0 saturated carbocycles. The molecule has 28 heavy (non-hydrogen) atoms. The highest BCUT2D eigenvalue weighted by molar-refractivity contribution is 5.94. The van der Waals surface area contributed by atoms with Crippen molar-refractivity contribution in [1.29, 1.82) is 0 Å². The van der Waals surface area contributed by atoms with Gasteiger partial charge in [-0.15, -0.1) is 0 Å². The molecule has 0 unspecified atom stereocenters. The highest BCUT2D eigenvalue weighted by Gasteiger charge is 2.49. The van der Waals surface area contributed by atoms with E-state index >= 15 is 0 Å². The van der Waals surface area contributed by atoms with Crippen LogP contribution < -0.4 is 5.32 Å². The van der Waals surface area contributed by atoms with Gasteiger partial charge in [-0.3, -0.25) is 9.69 Å². The maximum Gasteiger partial charge on any atom is 0.412 e. The van der Waals surface area contributed by atoms with Crippen LogP contribution in [0, 0.1) is 5.92 Å². The van der Waals surface area contributed by atoms with E-state index in [0.29, 0.717) is 6.42 Å². The van der Waals surface area contributed by atoms with E-state index in [4.69, 9.17) is 14.2 Å². The topological polar surface area (TPSA) is 120 Å². The summed E-state index contributed by atoms with van der Waals surface area (Å²) < 4.78 is 20.0. The van der Waals surface area contributed by atoms with Crippen LogP contribution in [0.2, 0.25) is 0 Å². The van der Waals surface area contributed by atoms with Gasteiger partial charge in [0.2, 0.25) is 5.91 Å². The summed E-state index contributed by atoms with van der Waals surface area (Å²) in [5, 5.41) is 2.55. The molecule has 0 aromatic rings. The third-order valence-corrected chi connectivity index (χ3v) is 3.86. The maximum atomic E-state index is 12.9. The second kappa shape index (κ2) is 9.72. The first-order valence-corrected chi connectivity index (χ1v) is 8.98. The fraction of sp³-hybridized carbons (Fsp3) is 0.778. The summed E-state index contributed by atoms with van der Waals surface area (Å²) in [7, 11) is 2.36. The van der Waals surface area contributed by atoms with Gasteiger partial charge in [0.1, 0.15) is 18.4 Å². The molecular formula is C18H30N2O8. The Bertz CT molecular complexity index is 599. The minimum Gasteiger partial charge on any atom is -0.467 e. The molecule has 10 nitrogen and oxygen atoms in total. The van der Waals surface area contributed by atoms with Gasteiger partial charge in [0.15, 0.2) is 12.1 Å². The minimum atomic E-state index is -1.35. The monoisotopic (exact) mass is 402 g/mol. The second-order valence-electron chi connectivity index (χ2n) is 7.85. The molecule has 0 radical (unpaired) electrons. The third kappa shape index (κ3) is 6.36. The second-order valence-corrected chi connectivity index (χ2v) is 7.85. The van der Waals surface area contributed by atoms with E-state index in [1.807, 2.05) is 13.8 Å². The van der Waals surface area contributed by atoms with Crippen LogP contribution in [0.15, 0.2) is 0 Å². The summed E-state index contributed by atoms with van der Waals surface area (Å²) in [5.41, 5.74) is -0.812. The lowest BCUT2D eigenvalue weighted by Crippen LogP contribution is -2.56. The molecule has 1 heterocycles. The van der Waals surface area contributed by atoms with E-state index < -0.39 is 47.7 Å². The molecule has 1 aliphatic rings. The number of hydrogen-bond acceptors (Lipinski definition) is 8. The van der Waals surface area contributed by atoms with Gasteiger partial charge < -0.3 is 24.3 Å². The summed E-state index contributed by atoms with van der Waals surface area (Å²) in [6.45, 7) is 8.44. The molecule has 0 aromatic carbocycles. The number of nitrogens with one attached hydrogen (secondary N) is 1. The summed E-state index contributed by atoms with van der Waals surface area (Å²) >= 11 is 0. The number of amides is 2. The van der Waals surface area contributed by atoms with Crippen molar-refractivity contribution in [2.24, 2.45) is 5.92 Å². The number of hydrogen-bond donors (Lipinski definition) is 1. The molecule has 1 N–H and O–H groups in total. The Morgan fingerprint density at radius 1 is 1.14 bits per heavy atom. The largest absolute Gasteiger partial charge is 0.467 e. The van der Waals surface area contributed by atoms with Crippen LogP contribution in [0.1, 0.15) is 41.0 Å². The molecule has 0 aromatic heterocycles. The van der Waals surface area contributed by atoms with Gasteiger partial charge in [0, 0.05) is 0 Å². The van der Waals surface area contributed by atoms with Gasteiger partial charge in [0.05, 0.1) is 14.2 Å². The van der Waals surface area contributed by atoms with Gasteiger partial charge in [0.25, 0.3) is 0 Å². The standard InChI is InChI=1S/C18H30N2O8/c1-10(2)8-11(15(22)25-6)19-14(21)12-13(16(23)26-7)27-9-20(12)17(24)28-18(3,4)5/h10-13H,8-9H2,1-7H3,(H,19,21)/t11-,12-,13-/m0/s1. The Labute approximate surface area is 164 Å². The van der Waals surface area contributed by atoms with E-state index in [2.05, 4.69) is 10.1 Å². The van der Waals surface area contributed by atoms with Gasteiger partial charge in [-0.1, -0.05) is 13.8 Å². The number of carbonyl (C=O) groups excluding carboxylic acids is 4. The highest BCUT2D eigenvalue weighted by atomic mass is 16.6. The van der Waals surface area contributed by atoms with Crippen molar-refractivity contribution in [2.45, 2.75) is 64.8 Å². The average molecular weight is 402 g/mol.